The Morgan fingerprint density at radius 3 is 2.31 bits per heavy atom. The van der Waals surface area contributed by atoms with Crippen molar-refractivity contribution in [2.45, 2.75) is 45.1 Å². The molecule has 1 aliphatic heterocycles. The Morgan fingerprint density at radius 2 is 1.73 bits per heavy atom. The maximum atomic E-state index is 12.2. The van der Waals surface area contributed by atoms with Crippen molar-refractivity contribution in [3.8, 4) is 11.1 Å². The zero-order chi connectivity index (χ0) is 19.1. The van der Waals surface area contributed by atoms with E-state index in [9.17, 15) is 4.79 Å². The SMILES string of the molecule is CN1C(=O)CC(C)(c2cccc(-c3ccc(C(C)(C)C)cc3)c2)N=C1N. The smallest absolute Gasteiger partial charge is 0.231 e. The summed E-state index contributed by atoms with van der Waals surface area (Å²) in [6.07, 6.45) is 0.316. The zero-order valence-electron chi connectivity index (χ0n) is 16.2. The van der Waals surface area contributed by atoms with Crippen LogP contribution in [0, 0.1) is 0 Å². The molecule has 1 unspecified atom stereocenters. The highest BCUT2D eigenvalue weighted by Crippen LogP contribution is 2.35. The van der Waals surface area contributed by atoms with Crippen molar-refractivity contribution in [1.82, 2.24) is 4.90 Å². The van der Waals surface area contributed by atoms with Gasteiger partial charge in [0.15, 0.2) is 5.96 Å². The summed E-state index contributed by atoms with van der Waals surface area (Å²) in [6.45, 7) is 8.60. The van der Waals surface area contributed by atoms with Gasteiger partial charge >= 0.3 is 0 Å². The Morgan fingerprint density at radius 1 is 1.08 bits per heavy atom. The Labute approximate surface area is 155 Å². The number of nitrogens with two attached hydrogens (primary N) is 1. The Hall–Kier alpha value is -2.62. The average molecular weight is 349 g/mol. The molecule has 0 radical (unpaired) electrons. The number of rotatable bonds is 2. The predicted molar refractivity (Wildman–Crippen MR) is 107 cm³/mol. The van der Waals surface area contributed by atoms with Crippen molar-refractivity contribution in [1.29, 1.82) is 0 Å². The summed E-state index contributed by atoms with van der Waals surface area (Å²) in [5, 5.41) is 0. The van der Waals surface area contributed by atoms with Gasteiger partial charge in [0.25, 0.3) is 0 Å². The highest BCUT2D eigenvalue weighted by Gasteiger charge is 2.36. The number of nitrogens with zero attached hydrogens (tertiary/aromatic N) is 2. The van der Waals surface area contributed by atoms with Crippen molar-refractivity contribution in [2.24, 2.45) is 10.7 Å². The van der Waals surface area contributed by atoms with Crippen molar-refractivity contribution in [3.05, 3.63) is 59.7 Å². The quantitative estimate of drug-likeness (QED) is 0.889. The molecule has 4 nitrogen and oxygen atoms in total. The van der Waals surface area contributed by atoms with Gasteiger partial charge in [-0.2, -0.15) is 0 Å². The molecule has 0 saturated carbocycles. The van der Waals surface area contributed by atoms with Crippen LogP contribution < -0.4 is 5.73 Å². The third-order valence-corrected chi connectivity index (χ3v) is 5.14. The molecule has 26 heavy (non-hydrogen) atoms. The summed E-state index contributed by atoms with van der Waals surface area (Å²) in [5.74, 6) is 0.253. The average Bonchev–Trinajstić information content (AvgIpc) is 2.59. The fourth-order valence-electron chi connectivity index (χ4n) is 3.27. The number of carbonyl (C=O) groups excluding carboxylic acids is 1. The van der Waals surface area contributed by atoms with Crippen molar-refractivity contribution >= 4 is 11.9 Å². The molecule has 2 N–H and O–H groups in total. The number of aliphatic imine (C=N–C) groups is 1. The number of guanidine groups is 1. The molecule has 0 spiro atoms. The van der Waals surface area contributed by atoms with Gasteiger partial charge in [0, 0.05) is 7.05 Å². The predicted octanol–water partition coefficient (Wildman–Crippen LogP) is 4.04. The molecule has 2 aromatic carbocycles. The van der Waals surface area contributed by atoms with E-state index in [1.807, 2.05) is 19.1 Å². The summed E-state index contributed by atoms with van der Waals surface area (Å²) in [5.41, 5.74) is 10.0. The third-order valence-electron chi connectivity index (χ3n) is 5.14. The second-order valence-corrected chi connectivity index (χ2v) is 8.28. The molecule has 4 heteroatoms. The first-order chi connectivity index (χ1) is 12.1. The summed E-state index contributed by atoms with van der Waals surface area (Å²) in [7, 11) is 1.66. The summed E-state index contributed by atoms with van der Waals surface area (Å²) < 4.78 is 0. The minimum atomic E-state index is -0.630. The monoisotopic (exact) mass is 349 g/mol. The Balaban J connectivity index is 1.98. The number of hydrogen-bond acceptors (Lipinski definition) is 3. The molecule has 0 saturated heterocycles. The molecular formula is C22H27N3O. The Kier molecular flexibility index (Phi) is 4.39. The first-order valence-electron chi connectivity index (χ1n) is 8.93. The van der Waals surface area contributed by atoms with Gasteiger partial charge in [0.05, 0.1) is 12.0 Å². The fraction of sp³-hybridized carbons (Fsp3) is 0.364. The first-order valence-corrected chi connectivity index (χ1v) is 8.93. The number of hydrogen-bond donors (Lipinski definition) is 1. The minimum Gasteiger partial charge on any atom is -0.369 e. The molecular weight excluding hydrogens is 322 g/mol. The summed E-state index contributed by atoms with van der Waals surface area (Å²) >= 11 is 0. The standard InChI is InChI=1S/C22H27N3O/c1-21(2,3)17-11-9-15(10-12-17)16-7-6-8-18(13-16)22(4)14-19(26)25(5)20(23)24-22/h6-13H,14H2,1-5H3,(H2,23,24). The van der Waals surface area contributed by atoms with Gasteiger partial charge in [-0.15, -0.1) is 0 Å². The van der Waals surface area contributed by atoms with E-state index in [-0.39, 0.29) is 17.3 Å². The van der Waals surface area contributed by atoms with Crippen molar-refractivity contribution in [3.63, 3.8) is 0 Å². The number of amides is 1. The van der Waals surface area contributed by atoms with Crippen LogP contribution in [0.1, 0.15) is 45.2 Å². The zero-order valence-corrected chi connectivity index (χ0v) is 16.2. The summed E-state index contributed by atoms with van der Waals surface area (Å²) in [6, 6.07) is 16.9. The van der Waals surface area contributed by atoms with Gasteiger partial charge in [-0.25, -0.2) is 4.99 Å². The largest absolute Gasteiger partial charge is 0.369 e. The number of benzene rings is 2. The van der Waals surface area contributed by atoms with E-state index in [0.717, 1.165) is 16.7 Å². The van der Waals surface area contributed by atoms with Crippen LogP contribution in [-0.4, -0.2) is 23.8 Å². The molecule has 0 aromatic heterocycles. The number of carbonyl (C=O) groups is 1. The van der Waals surface area contributed by atoms with Crippen LogP contribution in [-0.2, 0) is 15.7 Å². The van der Waals surface area contributed by atoms with E-state index in [1.165, 1.54) is 10.5 Å². The molecule has 0 aliphatic carbocycles. The molecule has 136 valence electrons. The molecule has 3 rings (SSSR count). The lowest BCUT2D eigenvalue weighted by molar-refractivity contribution is -0.128. The van der Waals surface area contributed by atoms with Crippen molar-refractivity contribution < 1.29 is 4.79 Å². The van der Waals surface area contributed by atoms with Crippen LogP contribution in [0.25, 0.3) is 11.1 Å². The van der Waals surface area contributed by atoms with Crippen LogP contribution >= 0.6 is 0 Å². The molecule has 1 amide bonds. The van der Waals surface area contributed by atoms with Gasteiger partial charge in [0.1, 0.15) is 0 Å². The van der Waals surface area contributed by atoms with Crippen LogP contribution in [0.2, 0.25) is 0 Å². The maximum Gasteiger partial charge on any atom is 0.231 e. The lowest BCUT2D eigenvalue weighted by Crippen LogP contribution is -2.47. The molecule has 1 aliphatic rings. The molecule has 0 fully saturated rings. The highest BCUT2D eigenvalue weighted by atomic mass is 16.2. The lowest BCUT2D eigenvalue weighted by Gasteiger charge is -2.33. The van der Waals surface area contributed by atoms with E-state index in [4.69, 9.17) is 5.73 Å². The van der Waals surface area contributed by atoms with E-state index in [0.29, 0.717) is 6.42 Å². The van der Waals surface area contributed by atoms with Crippen molar-refractivity contribution in [2.75, 3.05) is 7.05 Å². The second-order valence-electron chi connectivity index (χ2n) is 8.28. The molecule has 1 heterocycles. The Bertz CT molecular complexity index is 862. The van der Waals surface area contributed by atoms with E-state index in [1.54, 1.807) is 7.05 Å². The van der Waals surface area contributed by atoms with E-state index in [2.05, 4.69) is 62.2 Å². The molecule has 2 aromatic rings. The highest BCUT2D eigenvalue weighted by molar-refractivity contribution is 5.98. The van der Waals surface area contributed by atoms with Gasteiger partial charge in [0.2, 0.25) is 5.91 Å². The lowest BCUT2D eigenvalue weighted by atomic mass is 9.84. The van der Waals surface area contributed by atoms with Gasteiger partial charge in [-0.05, 0) is 40.7 Å². The van der Waals surface area contributed by atoms with Gasteiger partial charge < -0.3 is 5.73 Å². The third kappa shape index (κ3) is 3.36. The first kappa shape index (κ1) is 18.2. The normalized spacial score (nSPS) is 20.9. The minimum absolute atomic E-state index is 0.0140. The van der Waals surface area contributed by atoms with E-state index >= 15 is 0 Å². The van der Waals surface area contributed by atoms with Crippen LogP contribution in [0.4, 0.5) is 0 Å². The maximum absolute atomic E-state index is 12.2. The van der Waals surface area contributed by atoms with E-state index < -0.39 is 5.54 Å². The van der Waals surface area contributed by atoms with Crippen LogP contribution in [0.3, 0.4) is 0 Å². The topological polar surface area (TPSA) is 58.7 Å². The van der Waals surface area contributed by atoms with Crippen LogP contribution in [0.15, 0.2) is 53.5 Å². The second kappa shape index (κ2) is 6.27. The van der Waals surface area contributed by atoms with Gasteiger partial charge in [-0.1, -0.05) is 63.2 Å². The molecule has 0 bridgehead atoms. The molecule has 1 atom stereocenters. The van der Waals surface area contributed by atoms with Crippen LogP contribution in [0.5, 0.6) is 0 Å². The van der Waals surface area contributed by atoms with Gasteiger partial charge in [-0.3, -0.25) is 9.69 Å². The summed E-state index contributed by atoms with van der Waals surface area (Å²) in [4.78, 5) is 18.3. The fourth-order valence-corrected chi connectivity index (χ4v) is 3.27.